The molecule has 0 saturated carbocycles. The molecule has 1 saturated heterocycles. The molecule has 0 aliphatic carbocycles. The molecule has 0 amide bonds. The lowest BCUT2D eigenvalue weighted by Crippen LogP contribution is -2.19. The third-order valence-corrected chi connectivity index (χ3v) is 5.24. The Balaban J connectivity index is 1.56. The maximum atomic E-state index is 5.83. The molecule has 2 aromatic rings. The van der Waals surface area contributed by atoms with Crippen molar-refractivity contribution in [2.75, 3.05) is 33.0 Å². The highest BCUT2D eigenvalue weighted by molar-refractivity contribution is 5.41. The van der Waals surface area contributed by atoms with Crippen molar-refractivity contribution in [2.24, 2.45) is 0 Å². The molecule has 1 fully saturated rings. The van der Waals surface area contributed by atoms with Crippen LogP contribution < -0.4 is 9.47 Å². The van der Waals surface area contributed by atoms with Gasteiger partial charge in [-0.15, -0.1) is 0 Å². The molecule has 1 aliphatic heterocycles. The molecule has 1 atom stereocenters. The average molecular weight is 385 g/mol. The fraction of sp³-hybridized carbons (Fsp3) is 0.500. The lowest BCUT2D eigenvalue weighted by Gasteiger charge is -2.26. The molecule has 0 bridgehead atoms. The minimum Gasteiger partial charge on any atom is -0.494 e. The van der Waals surface area contributed by atoms with E-state index in [4.69, 9.17) is 18.9 Å². The molecule has 4 heteroatoms. The lowest BCUT2D eigenvalue weighted by molar-refractivity contribution is 0.131. The maximum Gasteiger partial charge on any atom is 0.123 e. The summed E-state index contributed by atoms with van der Waals surface area (Å²) in [7, 11) is 0. The van der Waals surface area contributed by atoms with Crippen LogP contribution in [0.3, 0.4) is 0 Å². The van der Waals surface area contributed by atoms with Gasteiger partial charge in [0, 0.05) is 25.0 Å². The van der Waals surface area contributed by atoms with E-state index in [1.165, 1.54) is 11.1 Å². The monoisotopic (exact) mass is 384 g/mol. The zero-order chi connectivity index (χ0) is 20.0. The Hall–Kier alpha value is -2.04. The van der Waals surface area contributed by atoms with E-state index in [-0.39, 0.29) is 11.0 Å². The van der Waals surface area contributed by atoms with Crippen LogP contribution >= 0.6 is 0 Å². The first-order valence-corrected chi connectivity index (χ1v) is 10.1. The van der Waals surface area contributed by atoms with E-state index in [0.29, 0.717) is 13.2 Å². The van der Waals surface area contributed by atoms with E-state index in [9.17, 15) is 0 Å². The topological polar surface area (TPSA) is 40.2 Å². The van der Waals surface area contributed by atoms with Crippen LogP contribution in [0.25, 0.3) is 0 Å². The summed E-state index contributed by atoms with van der Waals surface area (Å²) >= 11 is 0. The molecule has 152 valence electrons. The molecule has 0 spiro atoms. The van der Waals surface area contributed by atoms with Crippen molar-refractivity contribution in [3.63, 3.8) is 0 Å². The number of hydrogen-bond acceptors (Lipinski definition) is 4. The van der Waals surface area contributed by atoms with Crippen LogP contribution in [-0.4, -0.2) is 38.6 Å². The summed E-state index contributed by atoms with van der Waals surface area (Å²) in [6.07, 6.45) is 0.904. The Labute approximate surface area is 168 Å². The highest BCUT2D eigenvalue weighted by Gasteiger charge is 2.40. The SMILES string of the molecule is CCOCCCOc1ccc(C(C)(C)c2ccc(OCC3(C)CO3)cc2)cc1. The van der Waals surface area contributed by atoms with Gasteiger partial charge in [0.05, 0.1) is 13.2 Å². The van der Waals surface area contributed by atoms with Crippen LogP contribution in [0.5, 0.6) is 11.5 Å². The fourth-order valence-electron chi connectivity index (χ4n) is 3.04. The zero-order valence-electron chi connectivity index (χ0n) is 17.5. The van der Waals surface area contributed by atoms with E-state index >= 15 is 0 Å². The van der Waals surface area contributed by atoms with Gasteiger partial charge in [-0.2, -0.15) is 0 Å². The quantitative estimate of drug-likeness (QED) is 0.404. The molecule has 0 radical (unpaired) electrons. The molecule has 2 aromatic carbocycles. The minimum atomic E-state index is -0.0996. The number of benzene rings is 2. The van der Waals surface area contributed by atoms with Crippen LogP contribution in [0.4, 0.5) is 0 Å². The molecule has 4 nitrogen and oxygen atoms in total. The molecule has 3 rings (SSSR count). The largest absolute Gasteiger partial charge is 0.494 e. The molecule has 0 aromatic heterocycles. The van der Waals surface area contributed by atoms with Gasteiger partial charge in [0.25, 0.3) is 0 Å². The molecular formula is C24H32O4. The number of epoxide rings is 1. The van der Waals surface area contributed by atoms with Crippen molar-refractivity contribution in [1.82, 2.24) is 0 Å². The first-order valence-electron chi connectivity index (χ1n) is 10.1. The molecule has 1 heterocycles. The predicted octanol–water partition coefficient (Wildman–Crippen LogP) is 4.99. The van der Waals surface area contributed by atoms with Crippen LogP contribution in [0.15, 0.2) is 48.5 Å². The van der Waals surface area contributed by atoms with Crippen molar-refractivity contribution in [2.45, 2.75) is 45.1 Å². The van der Waals surface area contributed by atoms with Crippen LogP contribution in [0.2, 0.25) is 0 Å². The van der Waals surface area contributed by atoms with Crippen LogP contribution in [0, 0.1) is 0 Å². The van der Waals surface area contributed by atoms with Crippen molar-refractivity contribution in [3.8, 4) is 11.5 Å². The van der Waals surface area contributed by atoms with E-state index in [1.807, 2.05) is 31.2 Å². The maximum absolute atomic E-state index is 5.83. The number of ether oxygens (including phenoxy) is 4. The molecule has 1 aliphatic rings. The normalized spacial score (nSPS) is 18.7. The highest BCUT2D eigenvalue weighted by atomic mass is 16.6. The van der Waals surface area contributed by atoms with E-state index in [2.05, 4.69) is 45.0 Å². The Morgan fingerprint density at radius 3 is 1.93 bits per heavy atom. The predicted molar refractivity (Wildman–Crippen MR) is 111 cm³/mol. The lowest BCUT2D eigenvalue weighted by atomic mass is 9.78. The Morgan fingerprint density at radius 1 is 0.893 bits per heavy atom. The van der Waals surface area contributed by atoms with Gasteiger partial charge in [-0.3, -0.25) is 0 Å². The third kappa shape index (κ3) is 5.49. The van der Waals surface area contributed by atoms with Crippen molar-refractivity contribution in [3.05, 3.63) is 59.7 Å². The first-order chi connectivity index (χ1) is 13.4. The van der Waals surface area contributed by atoms with Gasteiger partial charge in [-0.05, 0) is 49.2 Å². The van der Waals surface area contributed by atoms with Gasteiger partial charge < -0.3 is 18.9 Å². The second kappa shape index (κ2) is 8.97. The second-order valence-electron chi connectivity index (χ2n) is 8.10. The molecule has 28 heavy (non-hydrogen) atoms. The van der Waals surface area contributed by atoms with Gasteiger partial charge in [0.2, 0.25) is 0 Å². The van der Waals surface area contributed by atoms with Gasteiger partial charge in [0.15, 0.2) is 0 Å². The number of hydrogen-bond donors (Lipinski definition) is 0. The molecule has 1 unspecified atom stereocenters. The summed E-state index contributed by atoms with van der Waals surface area (Å²) in [4.78, 5) is 0. The van der Waals surface area contributed by atoms with Gasteiger partial charge in [0.1, 0.15) is 23.7 Å². The summed E-state index contributed by atoms with van der Waals surface area (Å²) < 4.78 is 22.3. The van der Waals surface area contributed by atoms with E-state index in [0.717, 1.165) is 37.7 Å². The smallest absolute Gasteiger partial charge is 0.123 e. The summed E-state index contributed by atoms with van der Waals surface area (Å²) in [6.45, 7) is 12.1. The van der Waals surface area contributed by atoms with Crippen molar-refractivity contribution >= 4 is 0 Å². The Kier molecular flexibility index (Phi) is 6.63. The number of rotatable bonds is 11. The Bertz CT molecular complexity index is 730. The van der Waals surface area contributed by atoms with Gasteiger partial charge >= 0.3 is 0 Å². The molecular weight excluding hydrogens is 352 g/mol. The first kappa shape index (κ1) is 20.7. The van der Waals surface area contributed by atoms with Gasteiger partial charge in [-0.1, -0.05) is 38.1 Å². The second-order valence-corrected chi connectivity index (χ2v) is 8.10. The highest BCUT2D eigenvalue weighted by Crippen LogP contribution is 2.34. The Morgan fingerprint density at radius 2 is 1.43 bits per heavy atom. The fourth-order valence-corrected chi connectivity index (χ4v) is 3.04. The van der Waals surface area contributed by atoms with Crippen molar-refractivity contribution < 1.29 is 18.9 Å². The van der Waals surface area contributed by atoms with Crippen LogP contribution in [0.1, 0.15) is 45.2 Å². The van der Waals surface area contributed by atoms with Crippen molar-refractivity contribution in [1.29, 1.82) is 0 Å². The van der Waals surface area contributed by atoms with Crippen LogP contribution in [-0.2, 0) is 14.9 Å². The van der Waals surface area contributed by atoms with E-state index in [1.54, 1.807) is 0 Å². The standard InChI is InChI=1S/C24H32O4/c1-5-25-15-6-16-26-21-11-7-19(8-12-21)23(2,3)20-9-13-22(14-10-20)27-17-24(4)18-28-24/h7-14H,5-6,15-18H2,1-4H3. The van der Waals surface area contributed by atoms with E-state index < -0.39 is 0 Å². The zero-order valence-corrected chi connectivity index (χ0v) is 17.5. The molecule has 0 N–H and O–H groups in total. The average Bonchev–Trinajstić information content (AvgIpc) is 3.45. The van der Waals surface area contributed by atoms with Gasteiger partial charge in [-0.25, -0.2) is 0 Å². The summed E-state index contributed by atoms with van der Waals surface area (Å²) in [6, 6.07) is 16.8. The summed E-state index contributed by atoms with van der Waals surface area (Å²) in [5, 5.41) is 0. The third-order valence-electron chi connectivity index (χ3n) is 5.24. The summed E-state index contributed by atoms with van der Waals surface area (Å²) in [5.41, 5.74) is 2.31. The summed E-state index contributed by atoms with van der Waals surface area (Å²) in [5.74, 6) is 1.78. The minimum absolute atomic E-state index is 0.0925.